The van der Waals surface area contributed by atoms with E-state index in [1.165, 1.54) is 30.5 Å². The number of rotatable bonds is 5. The molecule has 0 spiro atoms. The molecular formula is C18H13ClN4O2S. The number of nitrogens with zero attached hydrogens (tertiary/aromatic N) is 2. The third-order valence-electron chi connectivity index (χ3n) is 3.45. The van der Waals surface area contributed by atoms with Gasteiger partial charge in [0.05, 0.1) is 28.0 Å². The van der Waals surface area contributed by atoms with Crippen LogP contribution in [-0.4, -0.2) is 13.4 Å². The molecule has 3 aromatic rings. The van der Waals surface area contributed by atoms with Gasteiger partial charge in [-0.05, 0) is 48.5 Å². The quantitative estimate of drug-likeness (QED) is 0.689. The van der Waals surface area contributed by atoms with E-state index in [1.54, 1.807) is 36.4 Å². The number of hydrogen-bond acceptors (Lipinski definition) is 5. The molecule has 3 rings (SSSR count). The number of aromatic nitrogens is 1. The lowest BCUT2D eigenvalue weighted by Gasteiger charge is -2.10. The fourth-order valence-electron chi connectivity index (χ4n) is 2.18. The lowest BCUT2D eigenvalue weighted by Crippen LogP contribution is -2.13. The molecule has 0 fully saturated rings. The van der Waals surface area contributed by atoms with Gasteiger partial charge in [0.1, 0.15) is 11.9 Å². The number of halogens is 1. The van der Waals surface area contributed by atoms with E-state index in [-0.39, 0.29) is 4.90 Å². The van der Waals surface area contributed by atoms with E-state index >= 15 is 0 Å². The molecule has 2 aromatic carbocycles. The maximum Gasteiger partial charge on any atom is 0.261 e. The van der Waals surface area contributed by atoms with Crippen LogP contribution in [0.4, 0.5) is 17.2 Å². The van der Waals surface area contributed by atoms with E-state index in [2.05, 4.69) is 21.1 Å². The van der Waals surface area contributed by atoms with Gasteiger partial charge in [0, 0.05) is 5.02 Å². The maximum absolute atomic E-state index is 12.3. The summed E-state index contributed by atoms with van der Waals surface area (Å²) in [5.41, 5.74) is 1.43. The van der Waals surface area contributed by atoms with Crippen molar-refractivity contribution < 1.29 is 8.42 Å². The van der Waals surface area contributed by atoms with Crippen LogP contribution in [0.2, 0.25) is 5.02 Å². The van der Waals surface area contributed by atoms with Crippen LogP contribution in [0.1, 0.15) is 5.56 Å². The Morgan fingerprint density at radius 1 is 1.00 bits per heavy atom. The van der Waals surface area contributed by atoms with Gasteiger partial charge in [-0.2, -0.15) is 5.26 Å². The normalized spacial score (nSPS) is 10.8. The van der Waals surface area contributed by atoms with Crippen molar-refractivity contribution in [3.63, 3.8) is 0 Å². The summed E-state index contributed by atoms with van der Waals surface area (Å²) in [5, 5.41) is 12.6. The van der Waals surface area contributed by atoms with Gasteiger partial charge in [0.2, 0.25) is 0 Å². The Balaban J connectivity index is 1.75. The van der Waals surface area contributed by atoms with Crippen molar-refractivity contribution in [1.29, 1.82) is 5.26 Å². The highest BCUT2D eigenvalue weighted by Gasteiger charge is 2.14. The van der Waals surface area contributed by atoms with Crippen molar-refractivity contribution in [3.05, 3.63) is 77.4 Å². The molecule has 6 nitrogen and oxygen atoms in total. The molecule has 1 heterocycles. The van der Waals surface area contributed by atoms with E-state index in [1.807, 2.05) is 0 Å². The molecule has 0 aliphatic rings. The Morgan fingerprint density at radius 2 is 1.73 bits per heavy atom. The monoisotopic (exact) mass is 384 g/mol. The molecule has 0 saturated carbocycles. The molecule has 2 N–H and O–H groups in total. The van der Waals surface area contributed by atoms with Crippen molar-refractivity contribution in [1.82, 2.24) is 4.98 Å². The Hall–Kier alpha value is -3.08. The average molecular weight is 385 g/mol. The minimum absolute atomic E-state index is 0.104. The first-order valence-corrected chi connectivity index (χ1v) is 9.35. The summed E-state index contributed by atoms with van der Waals surface area (Å²) >= 11 is 5.78. The molecule has 8 heteroatoms. The molecule has 0 aliphatic carbocycles. The summed E-state index contributed by atoms with van der Waals surface area (Å²) in [6.07, 6.45) is 1.39. The first-order chi connectivity index (χ1) is 12.5. The van der Waals surface area contributed by atoms with Crippen LogP contribution >= 0.6 is 11.6 Å². The summed E-state index contributed by atoms with van der Waals surface area (Å²) in [6.45, 7) is 0. The predicted molar refractivity (Wildman–Crippen MR) is 101 cm³/mol. The standard InChI is InChI=1S/C18H13ClN4O2S/c19-14-5-8-16(9-6-14)26(24,25)23-15-7-10-18(21-12-15)22-17-4-2-1-3-13(17)11-20/h1-10,12,23H,(H,21,22). The van der Waals surface area contributed by atoms with Crippen LogP contribution in [0.3, 0.4) is 0 Å². The number of hydrogen-bond donors (Lipinski definition) is 2. The first kappa shape index (κ1) is 17.7. The molecule has 1 aromatic heterocycles. The number of para-hydroxylation sites is 1. The fourth-order valence-corrected chi connectivity index (χ4v) is 3.35. The van der Waals surface area contributed by atoms with Crippen LogP contribution < -0.4 is 10.0 Å². The Bertz CT molecular complexity index is 1060. The summed E-state index contributed by atoms with van der Waals surface area (Å²) in [5.74, 6) is 0.488. The molecule has 26 heavy (non-hydrogen) atoms. The van der Waals surface area contributed by atoms with Gasteiger partial charge in [-0.25, -0.2) is 13.4 Å². The number of nitrogens with one attached hydrogen (secondary N) is 2. The maximum atomic E-state index is 12.3. The minimum atomic E-state index is -3.72. The zero-order chi connectivity index (χ0) is 18.6. The lowest BCUT2D eigenvalue weighted by molar-refractivity contribution is 0.601. The molecule has 0 radical (unpaired) electrons. The Labute approximate surface area is 156 Å². The second-order valence-corrected chi connectivity index (χ2v) is 7.39. The third kappa shape index (κ3) is 4.11. The summed E-state index contributed by atoms with van der Waals surface area (Å²) < 4.78 is 27.1. The van der Waals surface area contributed by atoms with E-state index < -0.39 is 10.0 Å². The first-order valence-electron chi connectivity index (χ1n) is 7.48. The molecule has 130 valence electrons. The number of benzene rings is 2. The van der Waals surface area contributed by atoms with Gasteiger partial charge in [-0.3, -0.25) is 4.72 Å². The Morgan fingerprint density at radius 3 is 2.38 bits per heavy atom. The highest BCUT2D eigenvalue weighted by atomic mass is 35.5. The number of anilines is 3. The van der Waals surface area contributed by atoms with Crippen LogP contribution in [-0.2, 0) is 10.0 Å². The van der Waals surface area contributed by atoms with Crippen LogP contribution in [0.5, 0.6) is 0 Å². The number of nitriles is 1. The zero-order valence-corrected chi connectivity index (χ0v) is 14.9. The second kappa shape index (κ2) is 7.44. The fraction of sp³-hybridized carbons (Fsp3) is 0. The second-order valence-electron chi connectivity index (χ2n) is 5.27. The van der Waals surface area contributed by atoms with Crippen LogP contribution in [0.25, 0.3) is 0 Å². The molecule has 0 atom stereocenters. The molecule has 0 saturated heterocycles. The van der Waals surface area contributed by atoms with Crippen molar-refractivity contribution >= 4 is 38.8 Å². The summed E-state index contributed by atoms with van der Waals surface area (Å²) in [7, 11) is -3.72. The van der Waals surface area contributed by atoms with Crippen LogP contribution in [0, 0.1) is 11.3 Å². The van der Waals surface area contributed by atoms with Gasteiger partial charge in [0.25, 0.3) is 10.0 Å². The number of pyridine rings is 1. The average Bonchev–Trinajstić information content (AvgIpc) is 2.64. The largest absolute Gasteiger partial charge is 0.339 e. The van der Waals surface area contributed by atoms with Crippen molar-refractivity contribution in [2.75, 3.05) is 10.0 Å². The molecule has 0 bridgehead atoms. The molecule has 0 aliphatic heterocycles. The van der Waals surface area contributed by atoms with E-state index in [4.69, 9.17) is 16.9 Å². The highest BCUT2D eigenvalue weighted by molar-refractivity contribution is 7.92. The molecule has 0 unspecified atom stereocenters. The molecular weight excluding hydrogens is 372 g/mol. The Kier molecular flexibility index (Phi) is 5.07. The highest BCUT2D eigenvalue weighted by Crippen LogP contribution is 2.21. The van der Waals surface area contributed by atoms with E-state index in [0.717, 1.165) is 0 Å². The van der Waals surface area contributed by atoms with Crippen molar-refractivity contribution in [2.45, 2.75) is 4.90 Å². The minimum Gasteiger partial charge on any atom is -0.339 e. The van der Waals surface area contributed by atoms with Crippen molar-refractivity contribution in [2.24, 2.45) is 0 Å². The van der Waals surface area contributed by atoms with Crippen molar-refractivity contribution in [3.8, 4) is 6.07 Å². The van der Waals surface area contributed by atoms with E-state index in [9.17, 15) is 8.42 Å². The predicted octanol–water partition coefficient (Wildman–Crippen LogP) is 4.15. The van der Waals surface area contributed by atoms with E-state index in [0.29, 0.717) is 27.8 Å². The SMILES string of the molecule is N#Cc1ccccc1Nc1ccc(NS(=O)(=O)c2ccc(Cl)cc2)cn1. The number of sulfonamides is 1. The van der Waals surface area contributed by atoms with Gasteiger partial charge >= 0.3 is 0 Å². The third-order valence-corrected chi connectivity index (χ3v) is 5.10. The summed E-state index contributed by atoms with van der Waals surface area (Å²) in [4.78, 5) is 4.28. The lowest BCUT2D eigenvalue weighted by atomic mass is 10.2. The van der Waals surface area contributed by atoms with Gasteiger partial charge in [-0.1, -0.05) is 23.7 Å². The topological polar surface area (TPSA) is 94.9 Å². The zero-order valence-electron chi connectivity index (χ0n) is 13.3. The molecule has 0 amide bonds. The summed E-state index contributed by atoms with van der Waals surface area (Å²) in [6, 6.07) is 18.2. The van der Waals surface area contributed by atoms with Gasteiger partial charge in [-0.15, -0.1) is 0 Å². The van der Waals surface area contributed by atoms with Gasteiger partial charge in [0.15, 0.2) is 0 Å². The van der Waals surface area contributed by atoms with Crippen LogP contribution in [0.15, 0.2) is 71.8 Å². The smallest absolute Gasteiger partial charge is 0.261 e. The van der Waals surface area contributed by atoms with Gasteiger partial charge < -0.3 is 5.32 Å².